The number of ether oxygens (including phenoxy) is 1. The van der Waals surface area contributed by atoms with Gasteiger partial charge in [0.15, 0.2) is 0 Å². The van der Waals surface area contributed by atoms with Crippen LogP contribution < -0.4 is 10.4 Å². The summed E-state index contributed by atoms with van der Waals surface area (Å²) in [6.45, 7) is 9.25. The minimum absolute atomic E-state index is 0.0343. The Labute approximate surface area is 175 Å². The van der Waals surface area contributed by atoms with Gasteiger partial charge in [-0.1, -0.05) is 88.4 Å². The summed E-state index contributed by atoms with van der Waals surface area (Å²) in [6.07, 6.45) is -0.555. The molecule has 1 aliphatic rings. The number of rotatable bonds is 7. The summed E-state index contributed by atoms with van der Waals surface area (Å²) in [4.78, 5) is 0. The zero-order valence-corrected chi connectivity index (χ0v) is 18.9. The molecule has 0 spiro atoms. The van der Waals surface area contributed by atoms with Crippen LogP contribution in [0.3, 0.4) is 0 Å². The normalized spacial score (nSPS) is 25.3. The lowest BCUT2D eigenvalue weighted by molar-refractivity contribution is -0.0273. The van der Waals surface area contributed by atoms with Gasteiger partial charge in [0.2, 0.25) is 0 Å². The van der Waals surface area contributed by atoms with E-state index in [1.165, 1.54) is 10.4 Å². The first-order valence-electron chi connectivity index (χ1n) is 10.5. The van der Waals surface area contributed by atoms with Gasteiger partial charge < -0.3 is 19.4 Å². The third-order valence-corrected chi connectivity index (χ3v) is 11.4. The quantitative estimate of drug-likeness (QED) is 0.684. The second kappa shape index (κ2) is 9.10. The molecule has 0 bridgehead atoms. The molecule has 0 radical (unpaired) electrons. The van der Waals surface area contributed by atoms with Crippen molar-refractivity contribution in [2.24, 2.45) is 11.8 Å². The minimum atomic E-state index is -2.62. The van der Waals surface area contributed by atoms with E-state index < -0.39 is 8.32 Å². The summed E-state index contributed by atoms with van der Waals surface area (Å²) < 4.78 is 12.9. The topological polar surface area (TPSA) is 58.9 Å². The van der Waals surface area contributed by atoms with Crippen LogP contribution in [0.2, 0.25) is 5.04 Å². The predicted octanol–water partition coefficient (Wildman–Crippen LogP) is 2.57. The highest BCUT2D eigenvalue weighted by atomic mass is 28.4. The van der Waals surface area contributed by atoms with E-state index in [2.05, 4.69) is 76.2 Å². The number of hydrogen-bond acceptors (Lipinski definition) is 4. The highest BCUT2D eigenvalue weighted by Crippen LogP contribution is 2.39. The van der Waals surface area contributed by atoms with Crippen LogP contribution in [-0.4, -0.2) is 50.6 Å². The van der Waals surface area contributed by atoms with E-state index in [4.69, 9.17) is 9.16 Å². The molecule has 1 saturated heterocycles. The molecule has 4 atom stereocenters. The van der Waals surface area contributed by atoms with Crippen LogP contribution in [0.15, 0.2) is 60.7 Å². The maximum atomic E-state index is 9.84. The number of hydrogen-bond donors (Lipinski definition) is 2. The molecule has 3 rings (SSSR count). The zero-order valence-electron chi connectivity index (χ0n) is 17.9. The fraction of sp³-hybridized carbons (Fsp3) is 0.500. The highest BCUT2D eigenvalue weighted by molar-refractivity contribution is 6.99. The zero-order chi connectivity index (χ0) is 21.1. The Balaban J connectivity index is 2.02. The smallest absolute Gasteiger partial charge is 0.261 e. The lowest BCUT2D eigenvalue weighted by atomic mass is 9.90. The Morgan fingerprint density at radius 1 is 0.862 bits per heavy atom. The summed E-state index contributed by atoms with van der Waals surface area (Å²) >= 11 is 0. The SMILES string of the molecule is C[C@H]1[C@@H](CO[Si](c2ccccc2)(c2ccccc2)C(C)(C)C)[C@H](CO)O[C@@H]1CO. The average Bonchev–Trinajstić information content (AvgIpc) is 3.04. The molecule has 1 fully saturated rings. The van der Waals surface area contributed by atoms with Gasteiger partial charge in [0, 0.05) is 12.5 Å². The van der Waals surface area contributed by atoms with Crippen molar-refractivity contribution in [3.63, 3.8) is 0 Å². The molecule has 0 saturated carbocycles. The predicted molar refractivity (Wildman–Crippen MR) is 119 cm³/mol. The van der Waals surface area contributed by atoms with Crippen molar-refractivity contribution in [1.82, 2.24) is 0 Å². The fourth-order valence-electron chi connectivity index (χ4n) is 4.69. The Kier molecular flexibility index (Phi) is 6.97. The first-order valence-corrected chi connectivity index (χ1v) is 12.4. The molecule has 2 aromatic carbocycles. The molecule has 5 heteroatoms. The lowest BCUT2D eigenvalue weighted by Gasteiger charge is -2.44. The maximum absolute atomic E-state index is 9.84. The van der Waals surface area contributed by atoms with Gasteiger partial charge in [-0.05, 0) is 21.3 Å². The van der Waals surface area contributed by atoms with Gasteiger partial charge in [0.25, 0.3) is 8.32 Å². The van der Waals surface area contributed by atoms with Crippen molar-refractivity contribution in [3.8, 4) is 0 Å². The number of aliphatic hydroxyl groups excluding tert-OH is 2. The summed E-state index contributed by atoms with van der Waals surface area (Å²) in [5, 5.41) is 21.9. The van der Waals surface area contributed by atoms with E-state index in [0.29, 0.717) is 6.61 Å². The Morgan fingerprint density at radius 2 is 1.34 bits per heavy atom. The Morgan fingerprint density at radius 3 is 1.76 bits per heavy atom. The summed E-state index contributed by atoms with van der Waals surface area (Å²) in [5.74, 6) is 0.161. The van der Waals surface area contributed by atoms with Crippen LogP contribution in [0.5, 0.6) is 0 Å². The molecule has 0 unspecified atom stereocenters. The van der Waals surface area contributed by atoms with E-state index >= 15 is 0 Å². The highest BCUT2D eigenvalue weighted by Gasteiger charge is 2.51. The van der Waals surface area contributed by atoms with Crippen LogP contribution in [0.25, 0.3) is 0 Å². The second-order valence-corrected chi connectivity index (χ2v) is 13.4. The second-order valence-electron chi connectivity index (χ2n) is 9.08. The van der Waals surface area contributed by atoms with Crippen molar-refractivity contribution in [3.05, 3.63) is 60.7 Å². The monoisotopic (exact) mass is 414 g/mol. The Bertz CT molecular complexity index is 718. The van der Waals surface area contributed by atoms with Crippen LogP contribution in [0.1, 0.15) is 27.7 Å². The largest absolute Gasteiger partial charge is 0.407 e. The van der Waals surface area contributed by atoms with Gasteiger partial charge >= 0.3 is 0 Å². The molecule has 2 aromatic rings. The molecule has 4 nitrogen and oxygen atoms in total. The van der Waals surface area contributed by atoms with Gasteiger partial charge in [0.05, 0.1) is 25.4 Å². The molecule has 1 heterocycles. The molecule has 29 heavy (non-hydrogen) atoms. The summed E-state index contributed by atoms with van der Waals surface area (Å²) in [5.41, 5.74) is 0. The van der Waals surface area contributed by atoms with E-state index in [1.807, 2.05) is 12.1 Å². The Hall–Kier alpha value is -1.50. The molecule has 0 aromatic heterocycles. The maximum Gasteiger partial charge on any atom is 0.261 e. The van der Waals surface area contributed by atoms with Crippen LogP contribution >= 0.6 is 0 Å². The average molecular weight is 415 g/mol. The molecule has 0 amide bonds. The molecular formula is C24H34O4Si. The van der Waals surface area contributed by atoms with Gasteiger partial charge in [-0.25, -0.2) is 0 Å². The van der Waals surface area contributed by atoms with E-state index in [-0.39, 0.29) is 42.3 Å². The van der Waals surface area contributed by atoms with E-state index in [0.717, 1.165) is 0 Å². The third-order valence-electron chi connectivity index (χ3n) is 6.36. The summed E-state index contributed by atoms with van der Waals surface area (Å²) in [7, 11) is -2.62. The lowest BCUT2D eigenvalue weighted by Crippen LogP contribution is -2.67. The first-order chi connectivity index (χ1) is 13.8. The van der Waals surface area contributed by atoms with Gasteiger partial charge in [-0.2, -0.15) is 0 Å². The van der Waals surface area contributed by atoms with Crippen molar-refractivity contribution in [2.75, 3.05) is 19.8 Å². The molecule has 1 aliphatic heterocycles. The van der Waals surface area contributed by atoms with Crippen LogP contribution in [-0.2, 0) is 9.16 Å². The number of benzene rings is 2. The van der Waals surface area contributed by atoms with E-state index in [1.54, 1.807) is 0 Å². The number of aliphatic hydroxyl groups is 2. The standard InChI is InChI=1S/C24H34O4Si/c1-18-21(23(16-26)28-22(18)15-25)17-27-29(24(2,3)4,19-11-7-5-8-12-19)20-13-9-6-10-14-20/h5-14,18,21-23,25-26H,15-17H2,1-4H3/t18-,21+,22+,23-/m0/s1. The van der Waals surface area contributed by atoms with Gasteiger partial charge in [0.1, 0.15) is 0 Å². The third kappa shape index (κ3) is 4.20. The molecular weight excluding hydrogens is 380 g/mol. The minimum Gasteiger partial charge on any atom is -0.407 e. The van der Waals surface area contributed by atoms with Crippen molar-refractivity contribution in [1.29, 1.82) is 0 Å². The van der Waals surface area contributed by atoms with Crippen molar-refractivity contribution < 1.29 is 19.4 Å². The summed E-state index contributed by atoms with van der Waals surface area (Å²) in [6, 6.07) is 21.1. The van der Waals surface area contributed by atoms with Gasteiger partial charge in [-0.15, -0.1) is 0 Å². The van der Waals surface area contributed by atoms with Crippen LogP contribution in [0.4, 0.5) is 0 Å². The van der Waals surface area contributed by atoms with Crippen molar-refractivity contribution in [2.45, 2.75) is 44.9 Å². The molecule has 158 valence electrons. The fourth-order valence-corrected chi connectivity index (χ4v) is 9.29. The van der Waals surface area contributed by atoms with E-state index in [9.17, 15) is 10.2 Å². The molecule has 0 aliphatic carbocycles. The van der Waals surface area contributed by atoms with Crippen LogP contribution in [0, 0.1) is 11.8 Å². The van der Waals surface area contributed by atoms with Crippen molar-refractivity contribution >= 4 is 18.7 Å². The first kappa shape index (κ1) is 22.2. The van der Waals surface area contributed by atoms with Gasteiger partial charge in [-0.3, -0.25) is 0 Å². The molecule has 2 N–H and O–H groups in total.